The van der Waals surface area contributed by atoms with Crippen LogP contribution in [0.3, 0.4) is 0 Å². The minimum atomic E-state index is -4.86. The zero-order chi connectivity index (χ0) is 80.2. The predicted molar refractivity (Wildman–Crippen MR) is 393 cm³/mol. The number of fused-ring (bicyclic) bond motifs is 15. The second kappa shape index (κ2) is 32.4. The van der Waals surface area contributed by atoms with Crippen molar-refractivity contribution in [3.8, 4) is 62.9 Å². The third kappa shape index (κ3) is 16.3. The van der Waals surface area contributed by atoms with Crippen molar-refractivity contribution in [1.82, 2.24) is 47.3 Å². The number of sulfonamides is 1. The number of phenolic OH excluding ortho intramolecular Hbond substituents is 3. The summed E-state index contributed by atoms with van der Waals surface area (Å²) >= 11 is 7.15. The zero-order valence-electron chi connectivity index (χ0n) is 61.0. The van der Waals surface area contributed by atoms with Crippen molar-refractivity contribution in [2.75, 3.05) is 20.8 Å². The first-order chi connectivity index (χ1) is 53.3. The van der Waals surface area contributed by atoms with Crippen molar-refractivity contribution in [3.05, 3.63) is 142 Å². The molecule has 4 aliphatic carbocycles. The molecular weight excluding hydrogens is 1500 g/mol. The lowest BCUT2D eigenvalue weighted by Gasteiger charge is -2.54. The van der Waals surface area contributed by atoms with E-state index in [1.54, 1.807) is 0 Å². The Morgan fingerprint density at radius 2 is 1.27 bits per heavy atom. The molecule has 35 heteroatoms. The van der Waals surface area contributed by atoms with Gasteiger partial charge in [0.1, 0.15) is 107 Å². The predicted octanol–water partition coefficient (Wildman–Crippen LogP) is 2.41. The Hall–Kier alpha value is -10.4. The highest BCUT2D eigenvalue weighted by Crippen LogP contribution is 2.55. The molecule has 6 aliphatic heterocycles. The van der Waals surface area contributed by atoms with Crippen LogP contribution in [0.2, 0.25) is 5.02 Å². The second-order valence-corrected chi connectivity index (χ2v) is 32.0. The minimum absolute atomic E-state index is 0.0632. The van der Waals surface area contributed by atoms with Gasteiger partial charge in [0.05, 0.1) is 36.1 Å². The van der Waals surface area contributed by atoms with E-state index in [9.17, 15) is 64.0 Å². The molecule has 0 aromatic heterocycles. The van der Waals surface area contributed by atoms with Crippen LogP contribution in [0, 0.1) is 36.5 Å². The van der Waals surface area contributed by atoms with Gasteiger partial charge in [-0.25, -0.2) is 13.1 Å². The summed E-state index contributed by atoms with van der Waals surface area (Å²) in [5.41, 5.74) is -2.01. The van der Waals surface area contributed by atoms with Gasteiger partial charge in [-0.2, -0.15) is 0 Å². The van der Waals surface area contributed by atoms with E-state index in [1.165, 1.54) is 63.5 Å². The van der Waals surface area contributed by atoms with Crippen LogP contribution in [-0.2, 0) is 53.1 Å². The number of hydrogen-bond donors (Lipinski definition) is 18. The average Bonchev–Trinajstić information content (AvgIpc) is 0.757. The number of halogens is 1. The van der Waals surface area contributed by atoms with Gasteiger partial charge >= 0.3 is 0 Å². The van der Waals surface area contributed by atoms with Gasteiger partial charge in [-0.05, 0) is 194 Å². The molecule has 8 amide bonds. The molecule has 18 N–H and O–H groups in total. The molecule has 596 valence electrons. The zero-order valence-corrected chi connectivity index (χ0v) is 62.5. The summed E-state index contributed by atoms with van der Waals surface area (Å²) in [7, 11) is -2.07. The Balaban J connectivity index is 1.01. The summed E-state index contributed by atoms with van der Waals surface area (Å²) in [4.78, 5) is 123. The Morgan fingerprint density at radius 3 is 1.90 bits per heavy atom. The van der Waals surface area contributed by atoms with Crippen molar-refractivity contribution >= 4 is 68.9 Å². The molecule has 1 saturated heterocycles. The van der Waals surface area contributed by atoms with Crippen LogP contribution in [0.4, 0.5) is 0 Å². The Morgan fingerprint density at radius 1 is 0.643 bits per heavy atom. The molecule has 16 rings (SSSR count). The SMILES string of the molecule is CN[C@H](CC(C)C)C(=O)N[C@H]1C(=O)N[C@@H](CC(=O)NS(=O)(=O)c2ccc(OC)cc2)C(=O)N[C@H]2C(=O)N[C@H]3C(=O)N[C@H](C(=O)N[C@H](C(=O)NC4C5CC6CC(C5)CC4C6)c4cc(O)cc(O)c4-c4cc3ccc4O)[C@H](O)c3ccc(c(Cl)c3)Oc3cc2cc(c3O[C@@H]2O[C@H](CO)[C@@H](O)[C@H](O)[C@H]2O)Oc2ccc(cc2C)[C@H]1O. The molecule has 5 fully saturated rings. The number of ether oxygens (including phenoxy) is 5. The van der Waals surface area contributed by atoms with Crippen molar-refractivity contribution in [2.24, 2.45) is 29.6 Å². The fourth-order valence-electron chi connectivity index (χ4n) is 16.3. The van der Waals surface area contributed by atoms with E-state index in [-0.39, 0.29) is 86.4 Å². The van der Waals surface area contributed by atoms with E-state index in [0.717, 1.165) is 92.8 Å². The second-order valence-electron chi connectivity index (χ2n) is 29.9. The van der Waals surface area contributed by atoms with Gasteiger partial charge in [-0.15, -0.1) is 0 Å². The highest BCUT2D eigenvalue weighted by atomic mass is 35.5. The first kappa shape index (κ1) is 79.7. The molecule has 112 heavy (non-hydrogen) atoms. The lowest BCUT2D eigenvalue weighted by Crippen LogP contribution is -2.60. The number of benzene rings is 6. The smallest absolute Gasteiger partial charge is 0.264 e. The van der Waals surface area contributed by atoms with Crippen LogP contribution < -0.4 is 66.2 Å². The molecule has 0 spiro atoms. The third-order valence-electron chi connectivity index (χ3n) is 21.8. The molecule has 4 saturated carbocycles. The maximum atomic E-state index is 16.4. The largest absolute Gasteiger partial charge is 0.508 e. The van der Waals surface area contributed by atoms with Crippen molar-refractivity contribution in [3.63, 3.8) is 0 Å². The van der Waals surface area contributed by atoms with Gasteiger partial charge in [0.15, 0.2) is 11.5 Å². The molecule has 0 unspecified atom stereocenters. The first-order valence-electron chi connectivity index (χ1n) is 36.4. The highest BCUT2D eigenvalue weighted by Gasteiger charge is 2.51. The van der Waals surface area contributed by atoms with Gasteiger partial charge in [0.25, 0.3) is 10.0 Å². The number of aryl methyl sites for hydroxylation is 1. The van der Waals surface area contributed by atoms with Crippen LogP contribution in [0.25, 0.3) is 11.1 Å². The van der Waals surface area contributed by atoms with E-state index in [4.69, 9.17) is 35.3 Å². The van der Waals surface area contributed by atoms with E-state index in [0.29, 0.717) is 11.8 Å². The van der Waals surface area contributed by atoms with Crippen LogP contribution in [0.5, 0.6) is 51.7 Å². The molecule has 14 atom stereocenters. The normalized spacial score (nSPS) is 28.5. The fraction of sp³-hybridized carbons (Fsp3) is 0.429. The number of carbonyl (C=O) groups is 8. The summed E-state index contributed by atoms with van der Waals surface area (Å²) in [5, 5.41) is 126. The fourth-order valence-corrected chi connectivity index (χ4v) is 17.5. The lowest BCUT2D eigenvalue weighted by atomic mass is 9.54. The van der Waals surface area contributed by atoms with Crippen molar-refractivity contribution < 1.29 is 116 Å². The number of aromatic hydroxyl groups is 3. The summed E-state index contributed by atoms with van der Waals surface area (Å²) in [6, 6.07) is 4.83. The standard InChI is InChI=1S/C77H86ClN9O24S/c1-31(2)16-47(79-4)70(98)85-62-64(93)36-7-14-51(32(3)17-36)108-53-25-40-26-54(69(53)111-77-68(97)67(96)66(95)55(30-88)110-77)109-52-15-8-37(24-46(52)78)65(94)63-76(104)84-61(74(102)81-58-38-19-33-18-34(21-38)22-39(58)20-33)45-27-41(89)28-50(91)57(45)44-23-35(6-13-49(44)90)59(72(100)86-63)83-73(101)60(40)82-71(99)48(80-75(62)103)29-56(92)87-112(105,106)43-11-9-42(107-5)10-12-43/h6-15,17,23-28,31,33-34,38-39,47-48,55,58-68,77,79,88-91,93-97H,16,18-22,29-30H2,1-5H3,(H,80,103)(H,81,102)(H,82,99)(H,83,101)(H,84,104)(H,85,98)(H,86,100)(H,87,92)/t33?,34?,38?,39?,47-,48+,55-,58?,59-,60-,61+,62-,63+,64-,65-,66-,67+,68-,77+/m1/s1. The first-order valence-corrected chi connectivity index (χ1v) is 38.3. The molecule has 6 aromatic carbocycles. The van der Waals surface area contributed by atoms with Gasteiger partial charge in [0, 0.05) is 23.2 Å². The van der Waals surface area contributed by atoms with Crippen LogP contribution in [-0.4, -0.2) is 183 Å². The van der Waals surface area contributed by atoms with E-state index in [1.807, 2.05) is 18.6 Å². The minimum Gasteiger partial charge on any atom is -0.508 e. The van der Waals surface area contributed by atoms with Gasteiger partial charge in [-0.1, -0.05) is 43.6 Å². The topological polar surface area (TPSA) is 507 Å². The maximum absolute atomic E-state index is 16.4. The molecule has 33 nitrogen and oxygen atoms in total. The van der Waals surface area contributed by atoms with E-state index < -0.39 is 205 Å². The summed E-state index contributed by atoms with van der Waals surface area (Å²) in [5.74, 6) is -13.4. The number of likely N-dealkylation sites (N-methyl/N-ethyl adjacent to an activating group) is 1. The summed E-state index contributed by atoms with van der Waals surface area (Å²) < 4.78 is 60.6. The molecule has 0 radical (unpaired) electrons. The highest BCUT2D eigenvalue weighted by molar-refractivity contribution is 7.90. The summed E-state index contributed by atoms with van der Waals surface area (Å²) in [6.07, 6.45) is -10.9. The number of amides is 8. The van der Waals surface area contributed by atoms with Crippen molar-refractivity contribution in [1.29, 1.82) is 0 Å². The van der Waals surface area contributed by atoms with Gasteiger partial charge in [0.2, 0.25) is 59.3 Å². The Kier molecular flexibility index (Phi) is 23.0. The molecule has 15 bridgehead atoms. The molecular formula is C77H86ClN9O24S. The quantitative estimate of drug-likeness (QED) is 0.0702. The monoisotopic (exact) mass is 1590 g/mol. The number of phenols is 3. The molecule has 10 aliphatic rings. The molecule has 6 heterocycles. The Bertz CT molecular complexity index is 4790. The number of aliphatic hydroxyl groups is 6. The number of hydrogen-bond acceptors (Lipinski definition) is 25. The van der Waals surface area contributed by atoms with E-state index in [2.05, 4.69) is 42.5 Å². The Labute approximate surface area is 646 Å². The third-order valence-corrected chi connectivity index (χ3v) is 23.5. The van der Waals surface area contributed by atoms with Crippen LogP contribution in [0.15, 0.2) is 108 Å². The van der Waals surface area contributed by atoms with Crippen LogP contribution >= 0.6 is 11.6 Å². The maximum Gasteiger partial charge on any atom is 0.264 e. The number of nitrogens with one attached hydrogen (secondary N) is 9. The average molecular weight is 1590 g/mol. The number of carbonyl (C=O) groups excluding carboxylic acids is 8. The number of rotatable bonds is 15. The van der Waals surface area contributed by atoms with E-state index >= 15 is 28.8 Å². The number of methoxy groups -OCH3 is 1. The van der Waals surface area contributed by atoms with Gasteiger partial charge < -0.3 is 112 Å². The van der Waals surface area contributed by atoms with Gasteiger partial charge in [-0.3, -0.25) is 38.4 Å². The summed E-state index contributed by atoms with van der Waals surface area (Å²) in [6.45, 7) is 4.15. The lowest BCUT2D eigenvalue weighted by molar-refractivity contribution is -0.277. The molecule has 6 aromatic rings. The van der Waals surface area contributed by atoms with Crippen molar-refractivity contribution in [2.45, 2.75) is 162 Å². The number of aliphatic hydroxyl groups excluding tert-OH is 6. The van der Waals surface area contributed by atoms with Crippen LogP contribution in [0.1, 0.15) is 123 Å².